The monoisotopic (exact) mass is 400 g/mol. The average Bonchev–Trinajstić information content (AvgIpc) is 2.85. The first kappa shape index (κ1) is 22.2. The van der Waals surface area contributed by atoms with E-state index in [-0.39, 0.29) is 22.0 Å². The van der Waals surface area contributed by atoms with E-state index in [0.717, 1.165) is 32.1 Å². The molecule has 0 aromatic heterocycles. The number of thiocarbonyl (C=S) groups is 1. The van der Waals surface area contributed by atoms with Crippen LogP contribution in [0.15, 0.2) is 0 Å². The van der Waals surface area contributed by atoms with Crippen LogP contribution >= 0.6 is 24.0 Å². The number of hydrogen-bond acceptors (Lipinski definition) is 5. The number of Topliss-reactive ketones (excluding diaryl/α,β-unsaturated/α-hetero) is 1. The number of aliphatic hydroxyl groups is 1. The molecule has 26 heavy (non-hydrogen) atoms. The smallest absolute Gasteiger partial charge is 0.220 e. The fourth-order valence-electron chi connectivity index (χ4n) is 4.71. The Bertz CT molecular complexity index is 538. The quantitative estimate of drug-likeness (QED) is 0.628. The van der Waals surface area contributed by atoms with E-state index in [1.54, 1.807) is 11.8 Å². The zero-order valence-electron chi connectivity index (χ0n) is 17.3. The highest BCUT2D eigenvalue weighted by Crippen LogP contribution is 2.59. The highest BCUT2D eigenvalue weighted by atomic mass is 32.2. The Balaban J connectivity index is 2.18. The van der Waals surface area contributed by atoms with Crippen molar-refractivity contribution in [2.45, 2.75) is 90.9 Å². The van der Waals surface area contributed by atoms with E-state index in [0.29, 0.717) is 29.1 Å². The maximum Gasteiger partial charge on any atom is 0.220 e. The molecule has 0 radical (unpaired) electrons. The molecule has 0 aliphatic heterocycles. The van der Waals surface area contributed by atoms with Crippen LogP contribution in [0.2, 0.25) is 0 Å². The summed E-state index contributed by atoms with van der Waals surface area (Å²) in [5.74, 6) is 0.882. The van der Waals surface area contributed by atoms with E-state index < -0.39 is 5.60 Å². The van der Waals surface area contributed by atoms with Gasteiger partial charge in [0.1, 0.15) is 5.78 Å². The molecular weight excluding hydrogens is 364 g/mol. The molecule has 0 aromatic carbocycles. The Labute approximate surface area is 169 Å². The van der Waals surface area contributed by atoms with Crippen molar-refractivity contribution in [3.8, 4) is 0 Å². The van der Waals surface area contributed by atoms with Crippen molar-refractivity contribution in [3.63, 3.8) is 0 Å². The molecule has 4 atom stereocenters. The molecule has 0 spiro atoms. The predicted octanol–water partition coefficient (Wildman–Crippen LogP) is 5.38. The maximum absolute atomic E-state index is 12.4. The lowest BCUT2D eigenvalue weighted by Gasteiger charge is -2.50. The summed E-state index contributed by atoms with van der Waals surface area (Å²) >= 11 is 7.07. The number of hydrogen-bond donors (Lipinski definition) is 1. The standard InChI is InChI=1S/C21H36O3S2/c1-7-24-18(25)26-17-16-14(8-9-15(22)19(2,3)4)10-11-21(16,23)13-12-20(17,5)6/h14,16-17,23H,7-13H2,1-6H3/t14?,16-,17-,21-/m1/s1. The Hall–Kier alpha value is -0.130. The van der Waals surface area contributed by atoms with Crippen molar-refractivity contribution in [2.24, 2.45) is 22.7 Å². The normalized spacial score (nSPS) is 33.6. The van der Waals surface area contributed by atoms with Gasteiger partial charge < -0.3 is 9.84 Å². The van der Waals surface area contributed by atoms with Crippen LogP contribution in [0.1, 0.15) is 80.1 Å². The Morgan fingerprint density at radius 3 is 2.50 bits per heavy atom. The number of ketones is 1. The van der Waals surface area contributed by atoms with Gasteiger partial charge in [-0.1, -0.05) is 46.4 Å². The summed E-state index contributed by atoms with van der Waals surface area (Å²) in [4.78, 5) is 12.4. The number of fused-ring (bicyclic) bond motifs is 1. The molecule has 2 aliphatic rings. The summed E-state index contributed by atoms with van der Waals surface area (Å²) in [6.07, 6.45) is 5.19. The van der Waals surface area contributed by atoms with Crippen molar-refractivity contribution in [3.05, 3.63) is 0 Å². The van der Waals surface area contributed by atoms with Crippen LogP contribution < -0.4 is 0 Å². The Morgan fingerprint density at radius 1 is 1.27 bits per heavy atom. The minimum absolute atomic E-state index is 0.0966. The molecule has 2 fully saturated rings. The molecule has 1 N–H and O–H groups in total. The van der Waals surface area contributed by atoms with Gasteiger partial charge in [0.15, 0.2) is 0 Å². The molecule has 0 saturated heterocycles. The van der Waals surface area contributed by atoms with Crippen LogP contribution in [-0.2, 0) is 9.53 Å². The second-order valence-electron chi connectivity index (χ2n) is 9.85. The fourth-order valence-corrected chi connectivity index (χ4v) is 6.59. The minimum atomic E-state index is -0.607. The van der Waals surface area contributed by atoms with Gasteiger partial charge in [0.2, 0.25) is 4.38 Å². The zero-order chi connectivity index (χ0) is 19.8. The summed E-state index contributed by atoms with van der Waals surface area (Å²) < 4.78 is 6.15. The molecule has 1 unspecified atom stereocenters. The summed E-state index contributed by atoms with van der Waals surface area (Å²) in [7, 11) is 0. The first-order valence-corrected chi connectivity index (χ1v) is 11.3. The molecule has 2 saturated carbocycles. The number of carbonyl (C=O) groups is 1. The van der Waals surface area contributed by atoms with E-state index in [9.17, 15) is 9.90 Å². The first-order chi connectivity index (χ1) is 11.9. The molecular formula is C21H36O3S2. The van der Waals surface area contributed by atoms with Gasteiger partial charge in [-0.25, -0.2) is 0 Å². The third kappa shape index (κ3) is 4.82. The maximum atomic E-state index is 12.4. The molecule has 3 nitrogen and oxygen atoms in total. The number of carbonyl (C=O) groups excluding carboxylic acids is 1. The van der Waals surface area contributed by atoms with Crippen LogP contribution in [0.25, 0.3) is 0 Å². The molecule has 0 aromatic rings. The Morgan fingerprint density at radius 2 is 1.92 bits per heavy atom. The van der Waals surface area contributed by atoms with Crippen LogP contribution in [0.4, 0.5) is 0 Å². The lowest BCUT2D eigenvalue weighted by atomic mass is 9.63. The summed E-state index contributed by atoms with van der Waals surface area (Å²) in [5, 5.41) is 11.6. The van der Waals surface area contributed by atoms with Crippen LogP contribution in [0.5, 0.6) is 0 Å². The summed E-state index contributed by atoms with van der Waals surface area (Å²) in [5.41, 5.74) is -0.796. The van der Waals surface area contributed by atoms with Crippen LogP contribution in [0, 0.1) is 22.7 Å². The van der Waals surface area contributed by atoms with Gasteiger partial charge in [0.05, 0.1) is 12.2 Å². The lowest BCUT2D eigenvalue weighted by Crippen LogP contribution is -2.52. The predicted molar refractivity (Wildman–Crippen MR) is 113 cm³/mol. The second-order valence-corrected chi connectivity index (χ2v) is 11.6. The SMILES string of the molecule is CCOC(=S)S[C@@H]1[C@H]2C(CCC(=O)C(C)(C)C)CC[C@@]2(O)CCC1(C)C. The van der Waals surface area contributed by atoms with Gasteiger partial charge in [-0.2, -0.15) is 0 Å². The van der Waals surface area contributed by atoms with Gasteiger partial charge in [-0.15, -0.1) is 0 Å². The zero-order valence-corrected chi connectivity index (χ0v) is 18.9. The van der Waals surface area contributed by atoms with Gasteiger partial charge >= 0.3 is 0 Å². The van der Waals surface area contributed by atoms with Gasteiger partial charge in [-0.05, 0) is 62.6 Å². The van der Waals surface area contributed by atoms with E-state index >= 15 is 0 Å². The van der Waals surface area contributed by atoms with Crippen molar-refractivity contribution >= 4 is 34.1 Å². The van der Waals surface area contributed by atoms with E-state index in [4.69, 9.17) is 17.0 Å². The molecule has 150 valence electrons. The average molecular weight is 401 g/mol. The molecule has 0 heterocycles. The first-order valence-electron chi connectivity index (χ1n) is 10.00. The Kier molecular flexibility index (Phi) is 6.89. The molecule has 2 aliphatic carbocycles. The van der Waals surface area contributed by atoms with E-state index in [1.165, 1.54) is 0 Å². The fraction of sp³-hybridized carbons (Fsp3) is 0.905. The highest BCUT2D eigenvalue weighted by Gasteiger charge is 2.57. The third-order valence-corrected chi connectivity index (χ3v) is 8.34. The minimum Gasteiger partial charge on any atom is -0.479 e. The highest BCUT2D eigenvalue weighted by molar-refractivity contribution is 8.23. The van der Waals surface area contributed by atoms with Gasteiger partial charge in [-0.3, -0.25) is 4.79 Å². The van der Waals surface area contributed by atoms with E-state index in [2.05, 4.69) is 13.8 Å². The largest absolute Gasteiger partial charge is 0.479 e. The molecule has 0 bridgehead atoms. The van der Waals surface area contributed by atoms with Crippen molar-refractivity contribution in [1.29, 1.82) is 0 Å². The summed E-state index contributed by atoms with van der Waals surface area (Å²) in [6, 6.07) is 0. The molecule has 5 heteroatoms. The number of rotatable bonds is 5. The molecule has 2 rings (SSSR count). The van der Waals surface area contributed by atoms with Crippen LogP contribution in [0.3, 0.4) is 0 Å². The van der Waals surface area contributed by atoms with Gasteiger partial charge in [0, 0.05) is 23.0 Å². The second kappa shape index (κ2) is 8.08. The van der Waals surface area contributed by atoms with Crippen molar-refractivity contribution in [1.82, 2.24) is 0 Å². The number of ether oxygens (including phenoxy) is 1. The van der Waals surface area contributed by atoms with Crippen molar-refractivity contribution in [2.75, 3.05) is 6.61 Å². The lowest BCUT2D eigenvalue weighted by molar-refractivity contribution is -0.126. The number of thioether (sulfide) groups is 1. The molecule has 0 amide bonds. The summed E-state index contributed by atoms with van der Waals surface area (Å²) in [6.45, 7) is 13.1. The van der Waals surface area contributed by atoms with Crippen LogP contribution in [-0.4, -0.2) is 32.7 Å². The third-order valence-electron chi connectivity index (χ3n) is 6.44. The van der Waals surface area contributed by atoms with Crippen molar-refractivity contribution < 1.29 is 14.6 Å². The topological polar surface area (TPSA) is 46.5 Å². The van der Waals surface area contributed by atoms with Gasteiger partial charge in [0.25, 0.3) is 0 Å². The van der Waals surface area contributed by atoms with E-state index in [1.807, 2.05) is 27.7 Å².